The van der Waals surface area contributed by atoms with Crippen molar-refractivity contribution in [3.05, 3.63) is 100 Å². The quantitative estimate of drug-likeness (QED) is 0.140. The van der Waals surface area contributed by atoms with Crippen molar-refractivity contribution in [3.63, 3.8) is 0 Å². The van der Waals surface area contributed by atoms with Gasteiger partial charge in [0.2, 0.25) is 0 Å². The van der Waals surface area contributed by atoms with Crippen molar-refractivity contribution in [3.8, 4) is 0 Å². The maximum atomic E-state index is 12.5. The Balaban J connectivity index is 0.000000238. The molecule has 1 nitrogen and oxygen atoms in total. The number of hydrogen-bond acceptors (Lipinski definition) is 1. The molecular formula is C22H19BF8OS. The van der Waals surface area contributed by atoms with Crippen LogP contribution in [0.1, 0.15) is 16.7 Å². The molecule has 33 heavy (non-hydrogen) atoms. The van der Waals surface area contributed by atoms with Crippen molar-refractivity contribution in [1.82, 2.24) is 0 Å². The van der Waals surface area contributed by atoms with Gasteiger partial charge in [0, 0.05) is 5.56 Å². The molecule has 0 aromatic heterocycles. The first kappa shape index (κ1) is 26.6. The normalized spacial score (nSPS) is 11.7. The van der Waals surface area contributed by atoms with E-state index in [-0.39, 0.29) is 0 Å². The molecule has 0 aliphatic rings. The summed E-state index contributed by atoms with van der Waals surface area (Å²) in [5.41, 5.74) is 1.04. The molecule has 0 aliphatic carbocycles. The number of benzene rings is 3. The lowest BCUT2D eigenvalue weighted by molar-refractivity contribution is 0.377. The van der Waals surface area contributed by atoms with Gasteiger partial charge >= 0.3 is 6.98 Å². The first-order chi connectivity index (χ1) is 15.2. The van der Waals surface area contributed by atoms with Gasteiger partial charge in [0.25, 0.3) is 0 Å². The van der Waals surface area contributed by atoms with Gasteiger partial charge in [-0.15, -0.1) is 4.21 Å². The van der Waals surface area contributed by atoms with Gasteiger partial charge in [-0.2, -0.15) is 0 Å². The highest BCUT2D eigenvalue weighted by molar-refractivity contribution is 8.00. The topological polar surface area (TPSA) is 17.1 Å². The Morgan fingerprint density at radius 1 is 0.636 bits per heavy atom. The summed E-state index contributed by atoms with van der Waals surface area (Å²) < 4.78 is 109. The van der Waals surface area contributed by atoms with Crippen LogP contribution in [0.4, 0.5) is 34.9 Å². The highest BCUT2D eigenvalue weighted by Gasteiger charge is 2.37. The minimum atomic E-state index is -6.30. The zero-order chi connectivity index (χ0) is 25.0. The molecule has 0 saturated heterocycles. The number of rotatable bonds is 5. The highest BCUT2D eigenvalue weighted by atomic mass is 32.2. The molecule has 0 unspecified atom stereocenters. The van der Waals surface area contributed by atoms with Crippen LogP contribution in [0.15, 0.2) is 54.6 Å². The molecule has 0 atom stereocenters. The summed E-state index contributed by atoms with van der Waals surface area (Å²) in [5, 5.41) is 0. The lowest BCUT2D eigenvalue weighted by atomic mass is 9.79. The van der Waals surface area contributed by atoms with Crippen molar-refractivity contribution in [2.24, 2.45) is 0 Å². The predicted molar refractivity (Wildman–Crippen MR) is 114 cm³/mol. The van der Waals surface area contributed by atoms with E-state index in [4.69, 9.17) is 0 Å². The minimum absolute atomic E-state index is 0.665. The molecule has 0 N–H and O–H groups in total. The first-order valence-corrected chi connectivity index (χ1v) is 12.0. The van der Waals surface area contributed by atoms with Crippen LogP contribution in [-0.4, -0.2) is 19.5 Å². The summed E-state index contributed by atoms with van der Waals surface area (Å²) in [7, 11) is -1.70. The van der Waals surface area contributed by atoms with Crippen LogP contribution in [0, 0.1) is 29.1 Å². The van der Waals surface area contributed by atoms with Gasteiger partial charge in [0.05, 0.1) is 9.93 Å². The van der Waals surface area contributed by atoms with Gasteiger partial charge < -0.3 is 12.9 Å². The Kier molecular flexibility index (Phi) is 8.45. The van der Waals surface area contributed by atoms with Gasteiger partial charge in [-0.1, -0.05) is 54.6 Å². The van der Waals surface area contributed by atoms with E-state index < -0.39 is 51.5 Å². The molecule has 3 aromatic carbocycles. The van der Waals surface area contributed by atoms with Crippen LogP contribution >= 0.6 is 0 Å². The summed E-state index contributed by atoms with van der Waals surface area (Å²) in [6, 6.07) is 18.9. The SMILES string of the molecule is C[S+](C)(=O)Cc1ccc(Cc2ccccc2)cc1.Fc1c(F)c(F)c([B-](F)(F)F)c(F)c1F. The molecule has 0 bridgehead atoms. The van der Waals surface area contributed by atoms with Crippen molar-refractivity contribution >= 4 is 22.4 Å². The lowest BCUT2D eigenvalue weighted by Gasteiger charge is -2.17. The number of halogens is 8. The zero-order valence-corrected chi connectivity index (χ0v) is 18.3. The molecule has 178 valence electrons. The van der Waals surface area contributed by atoms with E-state index in [1.165, 1.54) is 11.1 Å². The third kappa shape index (κ3) is 7.41. The van der Waals surface area contributed by atoms with Crippen LogP contribution in [0.2, 0.25) is 0 Å². The predicted octanol–water partition coefficient (Wildman–Crippen LogP) is 5.97. The van der Waals surface area contributed by atoms with E-state index in [2.05, 4.69) is 48.5 Å². The van der Waals surface area contributed by atoms with Crippen LogP contribution in [0.5, 0.6) is 0 Å². The maximum absolute atomic E-state index is 12.5. The Bertz CT molecular complexity index is 1110. The molecule has 3 rings (SSSR count). The summed E-state index contributed by atoms with van der Waals surface area (Å²) in [6.07, 6.45) is 4.57. The molecule has 0 aliphatic heterocycles. The molecule has 11 heteroatoms. The van der Waals surface area contributed by atoms with Crippen LogP contribution in [0.25, 0.3) is 0 Å². The summed E-state index contributed by atoms with van der Waals surface area (Å²) in [6.45, 7) is -6.30. The van der Waals surface area contributed by atoms with Gasteiger partial charge in [0.1, 0.15) is 29.9 Å². The molecular weight excluding hydrogens is 475 g/mol. The second-order valence-corrected chi connectivity index (χ2v) is 10.8. The Labute approximate surface area is 186 Å². The fourth-order valence-corrected chi connectivity index (χ4v) is 3.89. The van der Waals surface area contributed by atoms with E-state index in [1.54, 1.807) is 0 Å². The molecule has 0 spiro atoms. The van der Waals surface area contributed by atoms with Gasteiger partial charge in [-0.05, 0) is 23.0 Å². The van der Waals surface area contributed by atoms with Gasteiger partial charge in [-0.25, -0.2) is 22.0 Å². The lowest BCUT2D eigenvalue weighted by Crippen LogP contribution is -2.41. The number of hydrogen-bond donors (Lipinski definition) is 0. The monoisotopic (exact) mass is 494 g/mol. The fourth-order valence-electron chi connectivity index (χ4n) is 2.90. The van der Waals surface area contributed by atoms with Crippen molar-refractivity contribution in [2.45, 2.75) is 12.2 Å². The van der Waals surface area contributed by atoms with Crippen LogP contribution in [-0.2, 0) is 26.3 Å². The van der Waals surface area contributed by atoms with E-state index in [1.807, 2.05) is 18.6 Å². The maximum Gasteiger partial charge on any atom is 0.515 e. The molecule has 0 fully saturated rings. The fraction of sp³-hybridized carbons (Fsp3) is 0.182. The second-order valence-electron chi connectivity index (χ2n) is 7.62. The molecule has 0 heterocycles. The van der Waals surface area contributed by atoms with Crippen LogP contribution in [0.3, 0.4) is 0 Å². The Morgan fingerprint density at radius 3 is 1.45 bits per heavy atom. The first-order valence-electron chi connectivity index (χ1n) is 9.45. The van der Waals surface area contributed by atoms with E-state index >= 15 is 0 Å². The minimum Gasteiger partial charge on any atom is -0.445 e. The Morgan fingerprint density at radius 2 is 1.03 bits per heavy atom. The smallest absolute Gasteiger partial charge is 0.445 e. The van der Waals surface area contributed by atoms with Crippen molar-refractivity contribution in [2.75, 3.05) is 12.5 Å². The zero-order valence-electron chi connectivity index (χ0n) is 17.5. The van der Waals surface area contributed by atoms with E-state index in [0.717, 1.165) is 12.0 Å². The Hall–Kier alpha value is -2.69. The average molecular weight is 494 g/mol. The largest absolute Gasteiger partial charge is 0.515 e. The highest BCUT2D eigenvalue weighted by Crippen LogP contribution is 2.21. The summed E-state index contributed by atoms with van der Waals surface area (Å²) in [4.78, 5) is 0. The standard InChI is InChI=1S/C16H19OS.C6BF8/c1-18(2,17)13-16-10-8-15(9-11-16)12-14-6-4-3-5-7-14;8-2-1(7(13,14)15)3(9)5(11)6(12)4(2)10/h3-11H,12-13H2,1-2H3;/q+1;-1. The van der Waals surface area contributed by atoms with Crippen molar-refractivity contribution < 1.29 is 39.1 Å². The van der Waals surface area contributed by atoms with Crippen LogP contribution < -0.4 is 5.46 Å². The van der Waals surface area contributed by atoms with E-state index in [0.29, 0.717) is 5.75 Å². The third-order valence-electron chi connectivity index (χ3n) is 4.36. The van der Waals surface area contributed by atoms with Gasteiger partial charge in [0.15, 0.2) is 17.5 Å². The van der Waals surface area contributed by atoms with Crippen molar-refractivity contribution in [1.29, 1.82) is 0 Å². The van der Waals surface area contributed by atoms with Gasteiger partial charge in [-0.3, -0.25) is 0 Å². The van der Waals surface area contributed by atoms with E-state index in [9.17, 15) is 39.1 Å². The molecule has 3 aromatic rings. The molecule has 0 amide bonds. The average Bonchev–Trinajstić information content (AvgIpc) is 2.72. The second kappa shape index (κ2) is 10.5. The third-order valence-corrected chi connectivity index (χ3v) is 5.39. The summed E-state index contributed by atoms with van der Waals surface area (Å²) in [5.74, 6) is -12.9. The molecule has 0 radical (unpaired) electrons. The molecule has 0 saturated carbocycles. The summed E-state index contributed by atoms with van der Waals surface area (Å²) >= 11 is 0.